The minimum atomic E-state index is -0.675. The zero-order chi connectivity index (χ0) is 24.5. The topological polar surface area (TPSA) is 73.7 Å². The molecule has 2 saturated heterocycles. The number of benzene rings is 2. The molecule has 3 aromatic rings. The number of hydrogen-bond acceptors (Lipinski definition) is 4. The molecule has 1 aromatic heterocycles. The highest BCUT2D eigenvalue weighted by Gasteiger charge is 2.24. The molecule has 0 spiro atoms. The van der Waals surface area contributed by atoms with Gasteiger partial charge < -0.3 is 19.7 Å². The van der Waals surface area contributed by atoms with Crippen molar-refractivity contribution in [3.8, 4) is 0 Å². The number of aromatic nitrogens is 2. The number of halogens is 2. The number of likely N-dealkylation sites (tertiary alicyclic amines) is 1. The molecule has 5 rings (SSSR count). The van der Waals surface area contributed by atoms with Crippen LogP contribution in [0.2, 0.25) is 0 Å². The maximum absolute atomic E-state index is 13.8. The van der Waals surface area contributed by atoms with E-state index >= 15 is 0 Å². The Kier molecular flexibility index (Phi) is 6.38. The smallest absolute Gasteiger partial charge is 0.322 e. The van der Waals surface area contributed by atoms with Gasteiger partial charge in [-0.2, -0.15) is 0 Å². The molecule has 0 bridgehead atoms. The number of carbonyl (C=O) groups excluding carboxylic acids is 2. The lowest BCUT2D eigenvalue weighted by Gasteiger charge is -2.34. The van der Waals surface area contributed by atoms with E-state index in [-0.39, 0.29) is 11.6 Å². The quantitative estimate of drug-likeness (QED) is 0.619. The third-order valence-corrected chi connectivity index (χ3v) is 6.81. The van der Waals surface area contributed by atoms with Crippen molar-refractivity contribution >= 4 is 28.7 Å². The maximum atomic E-state index is 13.8. The second-order valence-electron chi connectivity index (χ2n) is 9.11. The van der Waals surface area contributed by atoms with E-state index in [1.807, 2.05) is 34.7 Å². The zero-order valence-corrected chi connectivity index (χ0v) is 19.6. The summed E-state index contributed by atoms with van der Waals surface area (Å²) in [7, 11) is 1.96. The molecule has 2 aliphatic rings. The highest BCUT2D eigenvalue weighted by molar-refractivity contribution is 5.97. The SMILES string of the molecule is Cn1c(CN2CCN(C(=O)Nc3cc(F)ccc3F)CC2)nc2cc(C(=O)N3CCCC3)ccc21. The van der Waals surface area contributed by atoms with Gasteiger partial charge in [0.05, 0.1) is 23.3 Å². The van der Waals surface area contributed by atoms with Crippen molar-refractivity contribution in [2.75, 3.05) is 44.6 Å². The number of fused-ring (bicyclic) bond motifs is 1. The Bertz CT molecular complexity index is 1260. The number of anilines is 1. The Morgan fingerprint density at radius 3 is 2.43 bits per heavy atom. The fraction of sp³-hybridized carbons (Fsp3) is 0.400. The standard InChI is InChI=1S/C25H28F2N6O2/c1-30-22-7-4-17(24(34)32-8-2-3-9-32)14-21(22)28-23(30)16-31-10-12-33(13-11-31)25(35)29-20-15-18(26)5-6-19(20)27/h4-7,14-15H,2-3,8-13,16H2,1H3,(H,29,35). The van der Waals surface area contributed by atoms with Crippen LogP contribution in [0.5, 0.6) is 0 Å². The van der Waals surface area contributed by atoms with E-state index in [0.717, 1.165) is 61.0 Å². The van der Waals surface area contributed by atoms with Crippen LogP contribution < -0.4 is 5.32 Å². The molecule has 8 nitrogen and oxygen atoms in total. The largest absolute Gasteiger partial charge is 0.339 e. The number of piperazine rings is 1. The fourth-order valence-corrected chi connectivity index (χ4v) is 4.72. The van der Waals surface area contributed by atoms with Crippen LogP contribution in [-0.2, 0) is 13.6 Å². The molecule has 0 unspecified atom stereocenters. The summed E-state index contributed by atoms with van der Waals surface area (Å²) >= 11 is 0. The van der Waals surface area contributed by atoms with Crippen LogP contribution in [0.3, 0.4) is 0 Å². The Labute approximate surface area is 202 Å². The molecule has 0 aliphatic carbocycles. The lowest BCUT2D eigenvalue weighted by atomic mass is 10.2. The number of amides is 3. The van der Waals surface area contributed by atoms with Crippen LogP contribution >= 0.6 is 0 Å². The highest BCUT2D eigenvalue weighted by Crippen LogP contribution is 2.21. The van der Waals surface area contributed by atoms with Crippen molar-refractivity contribution in [3.05, 3.63) is 59.4 Å². The van der Waals surface area contributed by atoms with Gasteiger partial charge in [0.1, 0.15) is 17.5 Å². The summed E-state index contributed by atoms with van der Waals surface area (Å²) in [5.41, 5.74) is 2.26. The number of hydrogen-bond donors (Lipinski definition) is 1. The van der Waals surface area contributed by atoms with Gasteiger partial charge >= 0.3 is 6.03 Å². The van der Waals surface area contributed by atoms with Gasteiger partial charge in [-0.15, -0.1) is 0 Å². The number of rotatable bonds is 4. The molecular weight excluding hydrogens is 454 g/mol. The summed E-state index contributed by atoms with van der Waals surface area (Å²) in [6.07, 6.45) is 2.11. The molecule has 0 atom stereocenters. The van der Waals surface area contributed by atoms with Crippen molar-refractivity contribution in [1.82, 2.24) is 24.3 Å². The number of urea groups is 1. The first-order valence-electron chi connectivity index (χ1n) is 11.9. The summed E-state index contributed by atoms with van der Waals surface area (Å²) in [6.45, 7) is 4.40. The van der Waals surface area contributed by atoms with Crippen molar-refractivity contribution in [3.63, 3.8) is 0 Å². The predicted octanol–water partition coefficient (Wildman–Crippen LogP) is 3.44. The Hall–Kier alpha value is -3.53. The van der Waals surface area contributed by atoms with E-state index in [1.165, 1.54) is 0 Å². The van der Waals surface area contributed by atoms with E-state index in [0.29, 0.717) is 38.3 Å². The van der Waals surface area contributed by atoms with Gasteiger partial charge in [0, 0.05) is 57.9 Å². The van der Waals surface area contributed by atoms with E-state index in [2.05, 4.69) is 10.2 Å². The molecule has 2 fully saturated rings. The molecule has 1 N–H and O–H groups in total. The number of nitrogens with zero attached hydrogens (tertiary/aromatic N) is 5. The average molecular weight is 483 g/mol. The van der Waals surface area contributed by atoms with Crippen LogP contribution in [-0.4, -0.2) is 75.5 Å². The lowest BCUT2D eigenvalue weighted by molar-refractivity contribution is 0.0793. The van der Waals surface area contributed by atoms with E-state index in [1.54, 1.807) is 4.90 Å². The van der Waals surface area contributed by atoms with Gasteiger partial charge in [-0.25, -0.2) is 18.6 Å². The normalized spacial score (nSPS) is 16.8. The zero-order valence-electron chi connectivity index (χ0n) is 19.6. The van der Waals surface area contributed by atoms with Crippen LogP contribution in [0, 0.1) is 11.6 Å². The molecular formula is C25H28F2N6O2. The van der Waals surface area contributed by atoms with Crippen LogP contribution in [0.15, 0.2) is 36.4 Å². The minimum Gasteiger partial charge on any atom is -0.339 e. The van der Waals surface area contributed by atoms with E-state index in [4.69, 9.17) is 4.98 Å². The fourth-order valence-electron chi connectivity index (χ4n) is 4.72. The minimum absolute atomic E-state index is 0.0594. The molecule has 3 heterocycles. The van der Waals surface area contributed by atoms with Crippen LogP contribution in [0.4, 0.5) is 19.3 Å². The van der Waals surface area contributed by atoms with E-state index < -0.39 is 17.7 Å². The molecule has 35 heavy (non-hydrogen) atoms. The van der Waals surface area contributed by atoms with Crippen molar-refractivity contribution in [1.29, 1.82) is 0 Å². The van der Waals surface area contributed by atoms with Gasteiger partial charge in [0.15, 0.2) is 0 Å². The highest BCUT2D eigenvalue weighted by atomic mass is 19.1. The van der Waals surface area contributed by atoms with Crippen molar-refractivity contribution in [2.24, 2.45) is 7.05 Å². The summed E-state index contributed by atoms with van der Waals surface area (Å²) in [5.74, 6) is -0.346. The van der Waals surface area contributed by atoms with Gasteiger partial charge in [0.25, 0.3) is 5.91 Å². The lowest BCUT2D eigenvalue weighted by Crippen LogP contribution is -2.49. The summed E-state index contributed by atoms with van der Waals surface area (Å²) in [6, 6.07) is 8.21. The van der Waals surface area contributed by atoms with Crippen molar-refractivity contribution < 1.29 is 18.4 Å². The Balaban J connectivity index is 1.21. The summed E-state index contributed by atoms with van der Waals surface area (Å²) in [5, 5.41) is 2.45. The van der Waals surface area contributed by atoms with Gasteiger partial charge in [-0.05, 0) is 43.2 Å². The van der Waals surface area contributed by atoms with Crippen LogP contribution in [0.1, 0.15) is 29.0 Å². The number of imidazole rings is 1. The second-order valence-corrected chi connectivity index (χ2v) is 9.11. The van der Waals surface area contributed by atoms with E-state index in [9.17, 15) is 18.4 Å². The first-order valence-corrected chi connectivity index (χ1v) is 11.9. The van der Waals surface area contributed by atoms with Crippen LogP contribution in [0.25, 0.3) is 11.0 Å². The molecule has 10 heteroatoms. The monoisotopic (exact) mass is 482 g/mol. The third kappa shape index (κ3) is 4.84. The van der Waals surface area contributed by atoms with Gasteiger partial charge in [-0.1, -0.05) is 0 Å². The molecule has 2 aliphatic heterocycles. The molecule has 184 valence electrons. The maximum Gasteiger partial charge on any atom is 0.322 e. The number of nitrogens with one attached hydrogen (secondary N) is 1. The number of aryl methyl sites for hydroxylation is 1. The summed E-state index contributed by atoms with van der Waals surface area (Å²) in [4.78, 5) is 35.7. The number of carbonyl (C=O) groups is 2. The van der Waals surface area contributed by atoms with Crippen molar-refractivity contribution in [2.45, 2.75) is 19.4 Å². The Morgan fingerprint density at radius 1 is 0.943 bits per heavy atom. The second kappa shape index (κ2) is 9.61. The molecule has 0 radical (unpaired) electrons. The first kappa shape index (κ1) is 23.2. The molecule has 3 amide bonds. The molecule has 0 saturated carbocycles. The predicted molar refractivity (Wildman–Crippen MR) is 128 cm³/mol. The average Bonchev–Trinajstić information content (AvgIpc) is 3.50. The first-order chi connectivity index (χ1) is 16.9. The Morgan fingerprint density at radius 2 is 1.69 bits per heavy atom. The third-order valence-electron chi connectivity index (χ3n) is 6.81. The van der Waals surface area contributed by atoms with Gasteiger partial charge in [0.2, 0.25) is 0 Å². The summed E-state index contributed by atoms with van der Waals surface area (Å²) < 4.78 is 29.2. The molecule has 2 aromatic carbocycles. The van der Waals surface area contributed by atoms with Gasteiger partial charge in [-0.3, -0.25) is 9.69 Å².